The molecular weight excluding hydrogens is 256 g/mol. The van der Waals surface area contributed by atoms with Crippen LogP contribution < -0.4 is 5.32 Å². The van der Waals surface area contributed by atoms with E-state index in [1.165, 1.54) is 11.8 Å². The Hall–Kier alpha value is -1.55. The van der Waals surface area contributed by atoms with Crippen LogP contribution in [-0.2, 0) is 4.79 Å². The fourth-order valence-corrected chi connectivity index (χ4v) is 2.73. The summed E-state index contributed by atoms with van der Waals surface area (Å²) >= 11 is 1.51. The number of fused-ring (bicyclic) bond motifs is 1. The minimum atomic E-state index is -0.103. The van der Waals surface area contributed by atoms with Gasteiger partial charge in [-0.3, -0.25) is 4.79 Å². The first-order valence-electron chi connectivity index (χ1n) is 6.55. The average molecular weight is 272 g/mol. The number of carbonyl (C=O) groups is 1. The summed E-state index contributed by atoms with van der Waals surface area (Å²) in [5.74, 6) is 0.113. The van der Waals surface area contributed by atoms with Gasteiger partial charge in [0.05, 0.1) is 15.8 Å². The van der Waals surface area contributed by atoms with Gasteiger partial charge < -0.3 is 5.32 Å². The Bertz CT molecular complexity index is 610. The smallest absolute Gasteiger partial charge is 0.233 e. The number of nitrogens with zero attached hydrogens (tertiary/aromatic N) is 1. The van der Waals surface area contributed by atoms with Crippen LogP contribution in [0, 0.1) is 0 Å². The van der Waals surface area contributed by atoms with Gasteiger partial charge in [-0.2, -0.15) is 0 Å². The number of thioether (sulfide) groups is 1. The van der Waals surface area contributed by atoms with Crippen LogP contribution in [-0.4, -0.2) is 22.2 Å². The van der Waals surface area contributed by atoms with Gasteiger partial charge in [-0.1, -0.05) is 36.0 Å². The predicted molar refractivity (Wildman–Crippen MR) is 78.2 cm³/mol. The highest BCUT2D eigenvalue weighted by Gasteiger charge is 2.26. The van der Waals surface area contributed by atoms with Crippen LogP contribution in [0.25, 0.3) is 10.9 Å². The topological polar surface area (TPSA) is 42.0 Å². The zero-order chi connectivity index (χ0) is 13.2. The summed E-state index contributed by atoms with van der Waals surface area (Å²) in [6.45, 7) is 1.93. The number of pyridine rings is 1. The number of aromatic nitrogens is 1. The summed E-state index contributed by atoms with van der Waals surface area (Å²) in [5, 5.41) is 4.95. The van der Waals surface area contributed by atoms with Crippen molar-refractivity contribution in [1.82, 2.24) is 10.3 Å². The molecule has 0 unspecified atom stereocenters. The lowest BCUT2D eigenvalue weighted by atomic mass is 10.2. The van der Waals surface area contributed by atoms with Crippen LogP contribution in [0.5, 0.6) is 0 Å². The molecule has 1 saturated carbocycles. The highest BCUT2D eigenvalue weighted by Crippen LogP contribution is 2.25. The second-order valence-electron chi connectivity index (χ2n) is 4.89. The molecule has 0 saturated heterocycles. The first-order valence-corrected chi connectivity index (χ1v) is 7.43. The van der Waals surface area contributed by atoms with Crippen LogP contribution in [0.1, 0.15) is 19.8 Å². The van der Waals surface area contributed by atoms with Crippen LogP contribution >= 0.6 is 11.8 Å². The monoisotopic (exact) mass is 272 g/mol. The number of para-hydroxylation sites is 1. The van der Waals surface area contributed by atoms with Crippen molar-refractivity contribution in [2.45, 2.75) is 36.1 Å². The maximum absolute atomic E-state index is 11.9. The third-order valence-electron chi connectivity index (χ3n) is 3.16. The van der Waals surface area contributed by atoms with Gasteiger partial charge in [0.1, 0.15) is 0 Å². The zero-order valence-corrected chi connectivity index (χ0v) is 11.6. The van der Waals surface area contributed by atoms with Crippen molar-refractivity contribution in [2.75, 3.05) is 0 Å². The van der Waals surface area contributed by atoms with Crippen molar-refractivity contribution in [2.24, 2.45) is 0 Å². The molecule has 1 fully saturated rings. The van der Waals surface area contributed by atoms with E-state index < -0.39 is 0 Å². The van der Waals surface area contributed by atoms with Crippen molar-refractivity contribution in [1.29, 1.82) is 0 Å². The number of hydrogen-bond acceptors (Lipinski definition) is 3. The first kappa shape index (κ1) is 12.5. The van der Waals surface area contributed by atoms with Crippen molar-refractivity contribution in [3.8, 4) is 0 Å². The highest BCUT2D eigenvalue weighted by molar-refractivity contribution is 8.00. The standard InChI is InChI=1S/C15H16N2OS/c1-10(15(18)16-12-7-8-12)19-14-9-6-11-4-2-3-5-13(11)17-14/h2-6,9-10,12H,7-8H2,1H3,(H,16,18)/t10-/m0/s1. The second kappa shape index (κ2) is 5.21. The molecule has 4 heteroatoms. The molecule has 1 amide bonds. The molecule has 1 N–H and O–H groups in total. The maximum Gasteiger partial charge on any atom is 0.233 e. The Morgan fingerprint density at radius 1 is 1.32 bits per heavy atom. The van der Waals surface area contributed by atoms with Crippen molar-refractivity contribution >= 4 is 28.6 Å². The zero-order valence-electron chi connectivity index (χ0n) is 10.8. The molecule has 0 radical (unpaired) electrons. The molecule has 1 aliphatic rings. The van der Waals surface area contributed by atoms with E-state index in [1.807, 2.05) is 37.3 Å². The molecule has 98 valence electrons. The lowest BCUT2D eigenvalue weighted by Gasteiger charge is -2.11. The maximum atomic E-state index is 11.9. The van der Waals surface area contributed by atoms with Crippen molar-refractivity contribution < 1.29 is 4.79 Å². The summed E-state index contributed by atoms with van der Waals surface area (Å²) in [4.78, 5) is 16.5. The fourth-order valence-electron chi connectivity index (χ4n) is 1.89. The quantitative estimate of drug-likeness (QED) is 0.870. The van der Waals surface area contributed by atoms with E-state index in [4.69, 9.17) is 0 Å². The molecule has 19 heavy (non-hydrogen) atoms. The molecule has 0 bridgehead atoms. The first-order chi connectivity index (χ1) is 9.22. The van der Waals surface area contributed by atoms with Gasteiger partial charge in [0, 0.05) is 11.4 Å². The Kier molecular flexibility index (Phi) is 3.42. The fraction of sp³-hybridized carbons (Fsp3) is 0.333. The van der Waals surface area contributed by atoms with E-state index >= 15 is 0 Å². The van der Waals surface area contributed by atoms with Crippen LogP contribution in [0.4, 0.5) is 0 Å². The second-order valence-corrected chi connectivity index (χ2v) is 6.25. The molecule has 0 aliphatic heterocycles. The van der Waals surface area contributed by atoms with E-state index in [0.717, 1.165) is 28.8 Å². The molecule has 1 heterocycles. The largest absolute Gasteiger partial charge is 0.352 e. The Morgan fingerprint density at radius 2 is 2.11 bits per heavy atom. The third-order valence-corrected chi connectivity index (χ3v) is 4.20. The Labute approximate surface area is 116 Å². The molecule has 3 rings (SSSR count). The van der Waals surface area contributed by atoms with E-state index in [1.54, 1.807) is 0 Å². The lowest BCUT2D eigenvalue weighted by molar-refractivity contribution is -0.120. The summed E-state index contributed by atoms with van der Waals surface area (Å²) in [7, 11) is 0. The predicted octanol–water partition coefficient (Wildman–Crippen LogP) is 2.99. The number of nitrogens with one attached hydrogen (secondary N) is 1. The number of hydrogen-bond donors (Lipinski definition) is 1. The van der Waals surface area contributed by atoms with E-state index in [0.29, 0.717) is 6.04 Å². The van der Waals surface area contributed by atoms with E-state index in [2.05, 4.69) is 16.4 Å². The lowest BCUT2D eigenvalue weighted by Crippen LogP contribution is -2.32. The number of benzene rings is 1. The van der Waals surface area contributed by atoms with Gasteiger partial charge >= 0.3 is 0 Å². The molecule has 2 aromatic rings. The molecule has 1 aliphatic carbocycles. The molecule has 1 atom stereocenters. The Morgan fingerprint density at radius 3 is 2.89 bits per heavy atom. The summed E-state index contributed by atoms with van der Waals surface area (Å²) in [6.07, 6.45) is 2.24. The molecular formula is C15H16N2OS. The summed E-state index contributed by atoms with van der Waals surface area (Å²) in [6, 6.07) is 12.5. The minimum absolute atomic E-state index is 0.103. The summed E-state index contributed by atoms with van der Waals surface area (Å²) < 4.78 is 0. The normalized spacial score (nSPS) is 16.3. The Balaban J connectivity index is 1.71. The van der Waals surface area contributed by atoms with Gasteiger partial charge in [0.25, 0.3) is 0 Å². The summed E-state index contributed by atoms with van der Waals surface area (Å²) in [5.41, 5.74) is 0.974. The number of carbonyl (C=O) groups excluding carboxylic acids is 1. The van der Waals surface area contributed by atoms with Gasteiger partial charge in [-0.15, -0.1) is 0 Å². The van der Waals surface area contributed by atoms with Gasteiger partial charge in [-0.05, 0) is 31.9 Å². The highest BCUT2D eigenvalue weighted by atomic mass is 32.2. The van der Waals surface area contributed by atoms with Crippen LogP contribution in [0.15, 0.2) is 41.4 Å². The van der Waals surface area contributed by atoms with Crippen LogP contribution in [0.2, 0.25) is 0 Å². The van der Waals surface area contributed by atoms with Crippen LogP contribution in [0.3, 0.4) is 0 Å². The van der Waals surface area contributed by atoms with Crippen molar-refractivity contribution in [3.05, 3.63) is 36.4 Å². The van der Waals surface area contributed by atoms with Crippen molar-refractivity contribution in [3.63, 3.8) is 0 Å². The van der Waals surface area contributed by atoms with E-state index in [9.17, 15) is 4.79 Å². The molecule has 3 nitrogen and oxygen atoms in total. The van der Waals surface area contributed by atoms with E-state index in [-0.39, 0.29) is 11.2 Å². The number of rotatable bonds is 4. The minimum Gasteiger partial charge on any atom is -0.352 e. The SMILES string of the molecule is C[C@H](Sc1ccc2ccccc2n1)C(=O)NC1CC1. The molecule has 1 aromatic carbocycles. The average Bonchev–Trinajstić information content (AvgIpc) is 3.22. The van der Waals surface area contributed by atoms with Gasteiger partial charge in [-0.25, -0.2) is 4.98 Å². The van der Waals surface area contributed by atoms with Gasteiger partial charge in [0.15, 0.2) is 0 Å². The number of amides is 1. The molecule has 1 aromatic heterocycles. The molecule has 0 spiro atoms. The van der Waals surface area contributed by atoms with Gasteiger partial charge in [0.2, 0.25) is 5.91 Å². The third kappa shape index (κ3) is 3.07.